The number of hydrogen-bond acceptors (Lipinski definition) is 2. The van der Waals surface area contributed by atoms with Crippen LogP contribution in [0.15, 0.2) is 30.5 Å². The van der Waals surface area contributed by atoms with Gasteiger partial charge in [0.1, 0.15) is 17.7 Å². The Morgan fingerprint density at radius 1 is 1.17 bits per heavy atom. The molecule has 1 atom stereocenters. The number of halogens is 2. The van der Waals surface area contributed by atoms with Crippen molar-refractivity contribution in [3.8, 4) is 0 Å². The highest BCUT2D eigenvalue weighted by atomic mass is 19.1. The summed E-state index contributed by atoms with van der Waals surface area (Å²) in [5, 5.41) is 10.1. The first-order valence-electron chi connectivity index (χ1n) is 5.56. The second kappa shape index (κ2) is 4.82. The van der Waals surface area contributed by atoms with Gasteiger partial charge in [-0.2, -0.15) is 0 Å². The molecule has 1 unspecified atom stereocenters. The highest BCUT2D eigenvalue weighted by molar-refractivity contribution is 5.34. The van der Waals surface area contributed by atoms with Crippen LogP contribution in [0.2, 0.25) is 0 Å². The van der Waals surface area contributed by atoms with Gasteiger partial charge in [-0.15, -0.1) is 0 Å². The number of aliphatic hydroxyl groups is 1. The highest BCUT2D eigenvalue weighted by Gasteiger charge is 2.21. The lowest BCUT2D eigenvalue weighted by Crippen LogP contribution is -2.07. The molecule has 1 heterocycles. The minimum absolute atomic E-state index is 0.302. The molecule has 0 bridgehead atoms. The molecule has 94 valence electrons. The molecule has 0 fully saturated rings. The van der Waals surface area contributed by atoms with Gasteiger partial charge in [-0.05, 0) is 43.2 Å². The number of pyridine rings is 1. The van der Waals surface area contributed by atoms with Crippen LogP contribution >= 0.6 is 0 Å². The van der Waals surface area contributed by atoms with Gasteiger partial charge in [0.15, 0.2) is 0 Å². The van der Waals surface area contributed by atoms with Crippen LogP contribution in [0.3, 0.4) is 0 Å². The zero-order valence-corrected chi connectivity index (χ0v) is 10.1. The Kier molecular flexibility index (Phi) is 3.39. The zero-order chi connectivity index (χ0) is 13.3. The lowest BCUT2D eigenvalue weighted by atomic mass is 9.99. The fourth-order valence-electron chi connectivity index (χ4n) is 1.83. The molecule has 2 aromatic rings. The molecule has 0 spiro atoms. The molecule has 0 aliphatic carbocycles. The molecule has 0 amide bonds. The molecule has 1 aromatic heterocycles. The standard InChI is InChI=1S/C14H13F2NO/c1-8-3-4-11(15)12(13(8)16)14(18)10-5-6-17-9(2)7-10/h3-7,14,18H,1-2H3. The Bertz CT molecular complexity index is 584. The van der Waals surface area contributed by atoms with Crippen LogP contribution in [0.1, 0.15) is 28.5 Å². The Hall–Kier alpha value is -1.81. The van der Waals surface area contributed by atoms with Crippen LogP contribution in [0.25, 0.3) is 0 Å². The van der Waals surface area contributed by atoms with E-state index in [9.17, 15) is 13.9 Å². The molecule has 0 aliphatic rings. The van der Waals surface area contributed by atoms with Crippen molar-refractivity contribution in [3.05, 3.63) is 64.5 Å². The maximum absolute atomic E-state index is 13.9. The third-order valence-electron chi connectivity index (χ3n) is 2.83. The zero-order valence-electron chi connectivity index (χ0n) is 10.1. The third kappa shape index (κ3) is 2.24. The first-order valence-corrected chi connectivity index (χ1v) is 5.56. The molecule has 0 aliphatic heterocycles. The lowest BCUT2D eigenvalue weighted by Gasteiger charge is -2.14. The lowest BCUT2D eigenvalue weighted by molar-refractivity contribution is 0.208. The van der Waals surface area contributed by atoms with E-state index in [4.69, 9.17) is 0 Å². The van der Waals surface area contributed by atoms with Crippen molar-refractivity contribution in [3.63, 3.8) is 0 Å². The van der Waals surface area contributed by atoms with Crippen LogP contribution in [-0.4, -0.2) is 10.1 Å². The third-order valence-corrected chi connectivity index (χ3v) is 2.83. The predicted octanol–water partition coefficient (Wildman–Crippen LogP) is 3.06. The van der Waals surface area contributed by atoms with E-state index < -0.39 is 17.7 Å². The number of rotatable bonds is 2. The molecule has 1 N–H and O–H groups in total. The van der Waals surface area contributed by atoms with E-state index in [1.165, 1.54) is 19.2 Å². The van der Waals surface area contributed by atoms with E-state index in [1.807, 2.05) is 0 Å². The number of benzene rings is 1. The van der Waals surface area contributed by atoms with E-state index in [1.54, 1.807) is 19.1 Å². The van der Waals surface area contributed by atoms with Gasteiger partial charge in [0, 0.05) is 11.9 Å². The maximum Gasteiger partial charge on any atom is 0.135 e. The minimum atomic E-state index is -1.33. The summed E-state index contributed by atoms with van der Waals surface area (Å²) in [5.74, 6) is -1.46. The van der Waals surface area contributed by atoms with Gasteiger partial charge in [-0.3, -0.25) is 4.98 Å². The Morgan fingerprint density at radius 3 is 2.56 bits per heavy atom. The Labute approximate surface area is 104 Å². The van der Waals surface area contributed by atoms with Gasteiger partial charge in [-0.25, -0.2) is 8.78 Å². The molecule has 0 saturated carbocycles. The number of nitrogens with zero attached hydrogens (tertiary/aromatic N) is 1. The number of hydrogen-bond donors (Lipinski definition) is 1. The van der Waals surface area contributed by atoms with Crippen LogP contribution in [-0.2, 0) is 0 Å². The summed E-state index contributed by atoms with van der Waals surface area (Å²) < 4.78 is 27.5. The van der Waals surface area contributed by atoms with Crippen molar-refractivity contribution in [1.82, 2.24) is 4.98 Å². The molecule has 2 nitrogen and oxygen atoms in total. The summed E-state index contributed by atoms with van der Waals surface area (Å²) in [7, 11) is 0. The first-order chi connectivity index (χ1) is 8.50. The Balaban J connectivity index is 2.52. The summed E-state index contributed by atoms with van der Waals surface area (Å²) in [6.45, 7) is 3.28. The predicted molar refractivity (Wildman–Crippen MR) is 64.1 cm³/mol. The summed E-state index contributed by atoms with van der Waals surface area (Å²) in [5.41, 5.74) is 1.09. The van der Waals surface area contributed by atoms with Crippen molar-refractivity contribution in [2.45, 2.75) is 20.0 Å². The SMILES string of the molecule is Cc1cc(C(O)c2c(F)ccc(C)c2F)ccn1. The summed E-state index contributed by atoms with van der Waals surface area (Å²) >= 11 is 0. The van der Waals surface area contributed by atoms with Gasteiger partial charge in [0.25, 0.3) is 0 Å². The van der Waals surface area contributed by atoms with Gasteiger partial charge >= 0.3 is 0 Å². The van der Waals surface area contributed by atoms with Gasteiger partial charge < -0.3 is 5.11 Å². The average Bonchev–Trinajstić information content (AvgIpc) is 2.34. The van der Waals surface area contributed by atoms with Crippen LogP contribution in [0.4, 0.5) is 8.78 Å². The number of aryl methyl sites for hydroxylation is 2. The molecule has 4 heteroatoms. The van der Waals surface area contributed by atoms with E-state index in [0.717, 1.165) is 6.07 Å². The molecule has 0 radical (unpaired) electrons. The van der Waals surface area contributed by atoms with Crippen molar-refractivity contribution in [1.29, 1.82) is 0 Å². The van der Waals surface area contributed by atoms with Crippen LogP contribution in [0, 0.1) is 25.5 Å². The van der Waals surface area contributed by atoms with Crippen molar-refractivity contribution in [2.24, 2.45) is 0 Å². The van der Waals surface area contributed by atoms with Crippen molar-refractivity contribution < 1.29 is 13.9 Å². The monoisotopic (exact) mass is 249 g/mol. The second-order valence-corrected chi connectivity index (χ2v) is 4.23. The van der Waals surface area contributed by atoms with Gasteiger partial charge in [0.2, 0.25) is 0 Å². The van der Waals surface area contributed by atoms with Gasteiger partial charge in [-0.1, -0.05) is 6.07 Å². The summed E-state index contributed by atoms with van der Waals surface area (Å²) in [4.78, 5) is 3.98. The van der Waals surface area contributed by atoms with E-state index in [-0.39, 0.29) is 5.56 Å². The molecule has 2 rings (SSSR count). The normalized spacial score (nSPS) is 12.5. The number of aromatic nitrogens is 1. The molecule has 0 saturated heterocycles. The van der Waals surface area contributed by atoms with Crippen molar-refractivity contribution >= 4 is 0 Å². The van der Waals surface area contributed by atoms with Crippen LogP contribution in [0.5, 0.6) is 0 Å². The van der Waals surface area contributed by atoms with E-state index in [0.29, 0.717) is 16.8 Å². The smallest absolute Gasteiger partial charge is 0.135 e. The minimum Gasteiger partial charge on any atom is -0.383 e. The fourth-order valence-corrected chi connectivity index (χ4v) is 1.83. The van der Waals surface area contributed by atoms with Crippen LogP contribution < -0.4 is 0 Å². The van der Waals surface area contributed by atoms with E-state index >= 15 is 0 Å². The summed E-state index contributed by atoms with van der Waals surface area (Å²) in [6.07, 6.45) is 0.172. The van der Waals surface area contributed by atoms with E-state index in [2.05, 4.69) is 4.98 Å². The topological polar surface area (TPSA) is 33.1 Å². The van der Waals surface area contributed by atoms with Crippen molar-refractivity contribution in [2.75, 3.05) is 0 Å². The second-order valence-electron chi connectivity index (χ2n) is 4.23. The highest BCUT2D eigenvalue weighted by Crippen LogP contribution is 2.28. The molecular formula is C14H13F2NO. The fraction of sp³-hybridized carbons (Fsp3) is 0.214. The molecule has 1 aromatic carbocycles. The average molecular weight is 249 g/mol. The molecular weight excluding hydrogens is 236 g/mol. The van der Waals surface area contributed by atoms with Gasteiger partial charge in [0.05, 0.1) is 5.56 Å². The number of aliphatic hydroxyl groups excluding tert-OH is 1. The first kappa shape index (κ1) is 12.6. The largest absolute Gasteiger partial charge is 0.383 e. The Morgan fingerprint density at radius 2 is 1.89 bits per heavy atom. The summed E-state index contributed by atoms with van der Waals surface area (Å²) in [6, 6.07) is 5.65. The quantitative estimate of drug-likeness (QED) is 0.887. The molecule has 18 heavy (non-hydrogen) atoms. The maximum atomic E-state index is 13.9.